The van der Waals surface area contributed by atoms with Gasteiger partial charge in [-0.25, -0.2) is 0 Å². The lowest BCUT2D eigenvalue weighted by Gasteiger charge is -2.32. The lowest BCUT2D eigenvalue weighted by atomic mass is 9.78. The largest absolute Gasteiger partial charge is 0.435 e. The molecule has 0 aromatic heterocycles. The van der Waals surface area contributed by atoms with Crippen molar-refractivity contribution < 1.29 is 9.05 Å². The summed E-state index contributed by atoms with van der Waals surface area (Å²) < 4.78 is 14.3. The predicted octanol–water partition coefficient (Wildman–Crippen LogP) is 12.3. The average Bonchev–Trinajstić information content (AvgIpc) is 2.90. The first-order valence-electron chi connectivity index (χ1n) is 16.3. The Balaban J connectivity index is 1.93. The second-order valence-corrected chi connectivity index (χ2v) is 18.1. The van der Waals surface area contributed by atoms with Gasteiger partial charge in [0.05, 0.1) is 5.30 Å². The molecule has 0 amide bonds. The highest BCUT2D eigenvalue weighted by atomic mass is 31.2. The van der Waals surface area contributed by atoms with Crippen LogP contribution in [0.2, 0.25) is 0 Å². The molecule has 240 valence electrons. The fraction of sp³-hybridized carbons (Fsp3) is 0.429. The zero-order chi connectivity index (χ0) is 33.5. The van der Waals surface area contributed by atoms with E-state index in [-0.39, 0.29) is 21.7 Å². The van der Waals surface area contributed by atoms with Crippen molar-refractivity contribution >= 4 is 13.7 Å². The third-order valence-electron chi connectivity index (χ3n) is 8.41. The van der Waals surface area contributed by atoms with Gasteiger partial charge in [-0.2, -0.15) is 0 Å². The normalized spacial score (nSPS) is 12.9. The van der Waals surface area contributed by atoms with Gasteiger partial charge in [-0.3, -0.25) is 0 Å². The van der Waals surface area contributed by atoms with Crippen LogP contribution in [0.25, 0.3) is 11.1 Å². The number of rotatable bonds is 6. The maximum absolute atomic E-state index is 7.15. The molecule has 0 saturated carbocycles. The summed E-state index contributed by atoms with van der Waals surface area (Å²) in [5.41, 5.74) is 9.72. The zero-order valence-electron chi connectivity index (χ0n) is 30.3. The number of hydrogen-bond donors (Lipinski definition) is 0. The summed E-state index contributed by atoms with van der Waals surface area (Å²) in [5, 5.41) is 1.04. The first kappa shape index (κ1) is 34.8. The minimum atomic E-state index is -1.54. The van der Waals surface area contributed by atoms with Crippen LogP contribution in [-0.2, 0) is 21.7 Å². The first-order valence-corrected chi connectivity index (χ1v) is 17.5. The van der Waals surface area contributed by atoms with Gasteiger partial charge in [-0.15, -0.1) is 0 Å². The van der Waals surface area contributed by atoms with Crippen LogP contribution in [0.4, 0.5) is 0 Å². The van der Waals surface area contributed by atoms with E-state index < -0.39 is 8.38 Å². The van der Waals surface area contributed by atoms with Crippen LogP contribution in [0.5, 0.6) is 11.5 Å². The van der Waals surface area contributed by atoms with Gasteiger partial charge in [-0.1, -0.05) is 138 Å². The molecule has 0 N–H and O–H groups in total. The first-order chi connectivity index (χ1) is 20.7. The van der Waals surface area contributed by atoms with E-state index >= 15 is 0 Å². The summed E-state index contributed by atoms with van der Waals surface area (Å²) in [6.07, 6.45) is 0. The summed E-state index contributed by atoms with van der Waals surface area (Å²) in [6, 6.07) is 28.4. The van der Waals surface area contributed by atoms with E-state index in [0.29, 0.717) is 0 Å². The summed E-state index contributed by atoms with van der Waals surface area (Å²) in [4.78, 5) is 0. The van der Waals surface area contributed by atoms with Crippen LogP contribution >= 0.6 is 8.38 Å². The number of aryl methyl sites for hydroxylation is 2. The van der Waals surface area contributed by atoms with Crippen LogP contribution in [0.1, 0.15) is 116 Å². The summed E-state index contributed by atoms with van der Waals surface area (Å²) >= 11 is 0. The van der Waals surface area contributed by atoms with Crippen molar-refractivity contribution in [3.05, 3.63) is 112 Å². The Morgan fingerprint density at radius 3 is 1.22 bits per heavy atom. The maximum atomic E-state index is 7.15. The SMILES string of the molecule is Cc1cc(OP(Oc2cc(C)c(C(C)(C)C)cc2C(C)(C)C)c2cccc(-c3ccccc3)c2)c(C(C)(C)C)cc1C(C)(C)C. The van der Waals surface area contributed by atoms with Crippen molar-refractivity contribution in [3.8, 4) is 22.6 Å². The van der Waals surface area contributed by atoms with Crippen LogP contribution in [0.15, 0.2) is 78.9 Å². The van der Waals surface area contributed by atoms with Crippen LogP contribution in [0, 0.1) is 13.8 Å². The Kier molecular flexibility index (Phi) is 9.74. The quantitative estimate of drug-likeness (QED) is 0.199. The fourth-order valence-corrected chi connectivity index (χ4v) is 7.39. The van der Waals surface area contributed by atoms with Crippen LogP contribution < -0.4 is 14.4 Å². The maximum Gasteiger partial charge on any atom is 0.326 e. The minimum Gasteiger partial charge on any atom is -0.435 e. The van der Waals surface area contributed by atoms with E-state index in [2.05, 4.69) is 176 Å². The smallest absolute Gasteiger partial charge is 0.326 e. The lowest BCUT2D eigenvalue weighted by Crippen LogP contribution is -2.21. The molecule has 0 aliphatic heterocycles. The van der Waals surface area contributed by atoms with E-state index in [9.17, 15) is 0 Å². The van der Waals surface area contributed by atoms with E-state index in [1.807, 2.05) is 0 Å². The van der Waals surface area contributed by atoms with Gasteiger partial charge < -0.3 is 9.05 Å². The topological polar surface area (TPSA) is 18.5 Å². The molecule has 0 heterocycles. The van der Waals surface area contributed by atoms with Gasteiger partial charge in [0.1, 0.15) is 11.5 Å². The highest BCUT2D eigenvalue weighted by molar-refractivity contribution is 7.56. The van der Waals surface area contributed by atoms with Crippen LogP contribution in [0.3, 0.4) is 0 Å². The van der Waals surface area contributed by atoms with Crippen molar-refractivity contribution in [3.63, 3.8) is 0 Å². The van der Waals surface area contributed by atoms with E-state index in [0.717, 1.165) is 22.4 Å². The van der Waals surface area contributed by atoms with Gasteiger partial charge in [-0.05, 0) is 93.2 Å². The van der Waals surface area contributed by atoms with E-state index in [1.165, 1.54) is 38.9 Å². The molecule has 4 rings (SSSR count). The van der Waals surface area contributed by atoms with Crippen LogP contribution in [-0.4, -0.2) is 0 Å². The average molecular weight is 623 g/mol. The molecular formula is C42H55O2P. The summed E-state index contributed by atoms with van der Waals surface area (Å²) in [5.74, 6) is 1.79. The summed E-state index contributed by atoms with van der Waals surface area (Å²) in [7, 11) is -1.54. The molecule has 0 fully saturated rings. The van der Waals surface area contributed by atoms with Gasteiger partial charge in [0, 0.05) is 11.1 Å². The van der Waals surface area contributed by atoms with Gasteiger partial charge in [0.2, 0.25) is 0 Å². The number of benzene rings is 4. The molecule has 4 aromatic rings. The van der Waals surface area contributed by atoms with Gasteiger partial charge in [0.15, 0.2) is 0 Å². The molecule has 0 spiro atoms. The molecule has 0 radical (unpaired) electrons. The van der Waals surface area contributed by atoms with E-state index in [1.54, 1.807) is 0 Å². The van der Waals surface area contributed by atoms with Crippen molar-refractivity contribution in [1.29, 1.82) is 0 Å². The molecule has 0 saturated heterocycles. The fourth-order valence-electron chi connectivity index (χ4n) is 6.03. The number of hydrogen-bond acceptors (Lipinski definition) is 2. The standard InChI is InChI=1S/C42H55O2P/c1-28-23-37(35(41(9,10)11)26-33(28)39(3,4)5)43-45(32-22-18-21-31(25-32)30-19-16-15-17-20-30)44-38-24-29(2)34(40(6,7)8)27-36(38)42(12,13)14/h15-27H,1-14H3. The molecule has 0 unspecified atom stereocenters. The second-order valence-electron chi connectivity index (χ2n) is 16.7. The molecule has 2 nitrogen and oxygen atoms in total. The van der Waals surface area contributed by atoms with Crippen molar-refractivity contribution in [1.82, 2.24) is 0 Å². The second kappa shape index (κ2) is 12.6. The third-order valence-corrected chi connectivity index (χ3v) is 9.84. The predicted molar refractivity (Wildman–Crippen MR) is 197 cm³/mol. The molecule has 3 heteroatoms. The molecule has 4 aromatic carbocycles. The summed E-state index contributed by atoms with van der Waals surface area (Å²) in [6.45, 7) is 31.7. The third kappa shape index (κ3) is 8.20. The minimum absolute atomic E-state index is 0.0296. The Morgan fingerprint density at radius 2 is 0.822 bits per heavy atom. The molecule has 45 heavy (non-hydrogen) atoms. The molecule has 0 atom stereocenters. The highest BCUT2D eigenvalue weighted by Crippen LogP contribution is 2.48. The Morgan fingerprint density at radius 1 is 0.422 bits per heavy atom. The monoisotopic (exact) mass is 622 g/mol. The molecule has 0 aliphatic carbocycles. The van der Waals surface area contributed by atoms with Gasteiger partial charge in [0.25, 0.3) is 0 Å². The van der Waals surface area contributed by atoms with Crippen molar-refractivity contribution in [2.45, 2.75) is 119 Å². The highest BCUT2D eigenvalue weighted by Gasteiger charge is 2.31. The lowest BCUT2D eigenvalue weighted by molar-refractivity contribution is 0.465. The molecule has 0 bridgehead atoms. The molecule has 0 aliphatic rings. The van der Waals surface area contributed by atoms with Crippen molar-refractivity contribution in [2.24, 2.45) is 0 Å². The van der Waals surface area contributed by atoms with Crippen molar-refractivity contribution in [2.75, 3.05) is 0 Å². The Labute approximate surface area is 275 Å². The van der Waals surface area contributed by atoms with Gasteiger partial charge >= 0.3 is 8.38 Å². The molecular weight excluding hydrogens is 567 g/mol. The Hall–Kier alpha value is -3.09. The Bertz CT molecular complexity index is 1550. The van der Waals surface area contributed by atoms with E-state index in [4.69, 9.17) is 9.05 Å². The zero-order valence-corrected chi connectivity index (χ0v) is 31.2.